The summed E-state index contributed by atoms with van der Waals surface area (Å²) in [6, 6.07) is 0.568. The van der Waals surface area contributed by atoms with Gasteiger partial charge in [0.2, 0.25) is 5.91 Å². The molecule has 5 fully saturated rings. The lowest BCUT2D eigenvalue weighted by Gasteiger charge is -2.39. The van der Waals surface area contributed by atoms with Crippen LogP contribution in [0.2, 0.25) is 0 Å². The number of quaternary nitrogens is 2. The number of rotatable bonds is 8. The standard InChI is InChI=1S/C25H44N6O4/c32-17-21-6-5-20(35-21)15-27-18-13-22-25(34)28-14-19(31(22)16-18)4-7-24(33)30-11-9-29(10-12-30)23-3-1-2-8-26-23/h18-23,26-27,32H,1-17H2,(H,28,34)/p+2/t18-,19-,20?,21?,22+,23?/m0/s1. The van der Waals surface area contributed by atoms with E-state index in [0.717, 1.165) is 65.0 Å². The lowest BCUT2D eigenvalue weighted by atomic mass is 10.0. The lowest BCUT2D eigenvalue weighted by molar-refractivity contribution is -0.930. The van der Waals surface area contributed by atoms with E-state index in [2.05, 4.69) is 25.8 Å². The van der Waals surface area contributed by atoms with Crippen molar-refractivity contribution in [3.8, 4) is 0 Å². The van der Waals surface area contributed by atoms with Gasteiger partial charge in [-0.15, -0.1) is 0 Å². The molecule has 35 heavy (non-hydrogen) atoms. The Morgan fingerprint density at radius 3 is 2.74 bits per heavy atom. The van der Waals surface area contributed by atoms with Gasteiger partial charge in [-0.05, 0) is 25.7 Å². The van der Waals surface area contributed by atoms with Crippen molar-refractivity contribution in [2.24, 2.45) is 0 Å². The Morgan fingerprint density at radius 1 is 1.17 bits per heavy atom. The smallest absolute Gasteiger partial charge is 0.278 e. The summed E-state index contributed by atoms with van der Waals surface area (Å²) in [5, 5.41) is 18.5. The molecular formula is C25H46N6O4+2. The molecule has 0 spiro atoms. The quantitative estimate of drug-likeness (QED) is 0.241. The first-order chi connectivity index (χ1) is 17.1. The summed E-state index contributed by atoms with van der Waals surface area (Å²) < 4.78 is 5.85. The van der Waals surface area contributed by atoms with Crippen molar-refractivity contribution in [1.29, 1.82) is 0 Å². The molecule has 4 unspecified atom stereocenters. The second-order valence-corrected chi connectivity index (χ2v) is 11.3. The molecule has 0 aromatic heterocycles. The number of aliphatic hydroxyl groups is 1. The highest BCUT2D eigenvalue weighted by atomic mass is 16.5. The topological polar surface area (TPSA) is 115 Å². The van der Waals surface area contributed by atoms with Crippen molar-refractivity contribution < 1.29 is 29.6 Å². The zero-order chi connectivity index (χ0) is 24.2. The van der Waals surface area contributed by atoms with Crippen LogP contribution in [0.15, 0.2) is 0 Å². The molecule has 198 valence electrons. The van der Waals surface area contributed by atoms with Crippen LogP contribution < -0.4 is 20.9 Å². The van der Waals surface area contributed by atoms with Crippen LogP contribution in [-0.2, 0) is 14.3 Å². The number of carbonyl (C=O) groups excluding carboxylic acids is 2. The van der Waals surface area contributed by atoms with Gasteiger partial charge < -0.3 is 35.6 Å². The molecule has 5 rings (SSSR count). The number of amides is 2. The highest BCUT2D eigenvalue weighted by Gasteiger charge is 2.47. The molecule has 0 aromatic carbocycles. The van der Waals surface area contributed by atoms with E-state index in [4.69, 9.17) is 4.74 Å². The molecule has 2 amide bonds. The van der Waals surface area contributed by atoms with Crippen molar-refractivity contribution in [3.63, 3.8) is 0 Å². The van der Waals surface area contributed by atoms with Crippen molar-refractivity contribution in [2.75, 3.05) is 59.0 Å². The molecule has 5 heterocycles. The van der Waals surface area contributed by atoms with Crippen LogP contribution in [0.25, 0.3) is 0 Å². The van der Waals surface area contributed by atoms with Crippen molar-refractivity contribution in [3.05, 3.63) is 0 Å². The third-order valence-electron chi connectivity index (χ3n) is 9.08. The van der Waals surface area contributed by atoms with Gasteiger partial charge >= 0.3 is 0 Å². The molecule has 0 aliphatic carbocycles. The molecule has 0 saturated carbocycles. The molecule has 7 atom stereocenters. The van der Waals surface area contributed by atoms with E-state index in [1.165, 1.54) is 30.7 Å². The van der Waals surface area contributed by atoms with Gasteiger partial charge in [-0.1, -0.05) is 0 Å². The van der Waals surface area contributed by atoms with Crippen LogP contribution in [-0.4, -0.2) is 122 Å². The number of fused-ring (bicyclic) bond motifs is 1. The van der Waals surface area contributed by atoms with Gasteiger partial charge in [0.05, 0.1) is 44.5 Å². The van der Waals surface area contributed by atoms with Crippen LogP contribution in [0.5, 0.6) is 0 Å². The van der Waals surface area contributed by atoms with E-state index >= 15 is 0 Å². The largest absolute Gasteiger partial charge is 0.394 e. The van der Waals surface area contributed by atoms with Crippen molar-refractivity contribution >= 4 is 11.8 Å². The van der Waals surface area contributed by atoms with E-state index in [0.29, 0.717) is 31.2 Å². The number of nitrogens with zero attached hydrogens (tertiary/aromatic N) is 2. The first kappa shape index (κ1) is 25.4. The summed E-state index contributed by atoms with van der Waals surface area (Å²) in [4.78, 5) is 31.5. The van der Waals surface area contributed by atoms with Crippen LogP contribution in [0, 0.1) is 0 Å². The summed E-state index contributed by atoms with van der Waals surface area (Å²) in [7, 11) is 0. The number of aliphatic hydroxyl groups excluding tert-OH is 1. The zero-order valence-corrected chi connectivity index (χ0v) is 21.1. The Kier molecular flexibility index (Phi) is 8.57. The number of nitrogens with one attached hydrogen (secondary N) is 3. The molecule has 6 N–H and O–H groups in total. The normalized spacial score (nSPS) is 38.4. The van der Waals surface area contributed by atoms with E-state index in [9.17, 15) is 14.7 Å². The highest BCUT2D eigenvalue weighted by molar-refractivity contribution is 5.81. The maximum Gasteiger partial charge on any atom is 0.278 e. The summed E-state index contributed by atoms with van der Waals surface area (Å²) >= 11 is 0. The SMILES string of the molecule is O=C1NC[C@H](CCC(=O)N2CCN(C3CCCC[NH2+]3)CC2)[NH+]2C[C@@H](NCC3CCC(CO)O3)C[C@H]12. The van der Waals surface area contributed by atoms with Gasteiger partial charge in [-0.3, -0.25) is 14.5 Å². The van der Waals surface area contributed by atoms with Gasteiger partial charge in [0, 0.05) is 58.4 Å². The fourth-order valence-electron chi connectivity index (χ4n) is 6.97. The molecular weight excluding hydrogens is 448 g/mol. The van der Waals surface area contributed by atoms with E-state index < -0.39 is 0 Å². The summed E-state index contributed by atoms with van der Waals surface area (Å²) in [5.74, 6) is 0.427. The summed E-state index contributed by atoms with van der Waals surface area (Å²) in [6.07, 6.45) is 8.79. The number of hydrogen-bond acceptors (Lipinski definition) is 6. The zero-order valence-electron chi connectivity index (χ0n) is 21.1. The van der Waals surface area contributed by atoms with E-state index in [1.54, 1.807) is 0 Å². The number of hydrogen-bond donors (Lipinski definition) is 5. The number of nitrogens with two attached hydrogens (primary N) is 1. The minimum atomic E-state index is -0.0244. The summed E-state index contributed by atoms with van der Waals surface area (Å²) in [5.41, 5.74) is 0. The first-order valence-electron chi connectivity index (χ1n) is 14.1. The van der Waals surface area contributed by atoms with Crippen molar-refractivity contribution in [1.82, 2.24) is 20.4 Å². The first-order valence-corrected chi connectivity index (χ1v) is 14.1. The van der Waals surface area contributed by atoms with Crippen molar-refractivity contribution in [2.45, 2.75) is 87.9 Å². The molecule has 10 nitrogen and oxygen atoms in total. The predicted octanol–water partition coefficient (Wildman–Crippen LogP) is -3.36. The number of carbonyl (C=O) groups is 2. The fraction of sp³-hybridized carbons (Fsp3) is 0.920. The maximum absolute atomic E-state index is 13.0. The van der Waals surface area contributed by atoms with Gasteiger partial charge in [0.1, 0.15) is 12.2 Å². The molecule has 5 aliphatic rings. The minimum Gasteiger partial charge on any atom is -0.394 e. The van der Waals surface area contributed by atoms with Crippen LogP contribution >= 0.6 is 0 Å². The van der Waals surface area contributed by atoms with Crippen LogP contribution in [0.1, 0.15) is 51.4 Å². The molecule has 0 bridgehead atoms. The number of ether oxygens (including phenoxy) is 1. The molecule has 5 saturated heterocycles. The fourth-order valence-corrected chi connectivity index (χ4v) is 6.97. The van der Waals surface area contributed by atoms with Gasteiger partial charge in [0.25, 0.3) is 5.91 Å². The highest BCUT2D eigenvalue weighted by Crippen LogP contribution is 2.19. The summed E-state index contributed by atoms with van der Waals surface area (Å²) in [6.45, 7) is 7.35. The predicted molar refractivity (Wildman–Crippen MR) is 130 cm³/mol. The van der Waals surface area contributed by atoms with Crippen LogP contribution in [0.3, 0.4) is 0 Å². The average molecular weight is 495 g/mol. The van der Waals surface area contributed by atoms with Crippen LogP contribution in [0.4, 0.5) is 0 Å². The Bertz CT molecular complexity index is 727. The Balaban J connectivity index is 1.05. The van der Waals surface area contributed by atoms with E-state index in [1.807, 2.05) is 0 Å². The Morgan fingerprint density at radius 2 is 2.00 bits per heavy atom. The Labute approximate surface area is 209 Å². The number of piperidine rings is 1. The molecule has 0 aromatic rings. The Hall–Kier alpha value is -1.30. The van der Waals surface area contributed by atoms with Gasteiger partial charge in [0.15, 0.2) is 6.04 Å². The third-order valence-corrected chi connectivity index (χ3v) is 9.08. The lowest BCUT2D eigenvalue weighted by Crippen LogP contribution is -3.21. The third kappa shape index (κ3) is 6.17. The van der Waals surface area contributed by atoms with Gasteiger partial charge in [-0.25, -0.2) is 0 Å². The molecule has 10 heteroatoms. The molecule has 5 aliphatic heterocycles. The second-order valence-electron chi connectivity index (χ2n) is 11.3. The van der Waals surface area contributed by atoms with E-state index in [-0.39, 0.29) is 36.7 Å². The average Bonchev–Trinajstić information content (AvgIpc) is 3.55. The molecule has 0 radical (unpaired) electrons. The monoisotopic (exact) mass is 494 g/mol. The maximum atomic E-state index is 13.0. The number of piperazine rings is 2. The second kappa shape index (κ2) is 11.8. The minimum absolute atomic E-state index is 0.0219. The van der Waals surface area contributed by atoms with Gasteiger partial charge in [-0.2, -0.15) is 0 Å².